The fourth-order valence-corrected chi connectivity index (χ4v) is 4.96. The summed E-state index contributed by atoms with van der Waals surface area (Å²) >= 11 is 2.49. The highest BCUT2D eigenvalue weighted by Gasteiger charge is 2.19. The number of nitrogens with one attached hydrogen (secondary N) is 1. The molecule has 0 radical (unpaired) electrons. The van der Waals surface area contributed by atoms with Gasteiger partial charge in [0.15, 0.2) is 11.0 Å². The molecular formula is C24H23N5O3S2. The maximum absolute atomic E-state index is 12.7. The normalized spacial score (nSPS) is 10.8. The minimum Gasteiger partial charge on any atom is -0.462 e. The van der Waals surface area contributed by atoms with Gasteiger partial charge < -0.3 is 10.1 Å². The highest BCUT2D eigenvalue weighted by atomic mass is 32.2. The summed E-state index contributed by atoms with van der Waals surface area (Å²) in [5.41, 5.74) is 3.69. The summed E-state index contributed by atoms with van der Waals surface area (Å²) in [6, 6.07) is 13.6. The van der Waals surface area contributed by atoms with Crippen LogP contribution in [0, 0.1) is 13.8 Å². The first-order chi connectivity index (χ1) is 16.5. The number of aromatic nitrogens is 4. The number of hydrogen-bond acceptors (Lipinski definition) is 8. The lowest BCUT2D eigenvalue weighted by Crippen LogP contribution is -2.13. The number of pyridine rings is 1. The Balaban J connectivity index is 1.52. The first kappa shape index (κ1) is 23.7. The number of nitrogens with zero attached hydrogens (tertiary/aromatic N) is 4. The summed E-state index contributed by atoms with van der Waals surface area (Å²) in [6.07, 6.45) is 3.41. The zero-order chi connectivity index (χ0) is 24.1. The van der Waals surface area contributed by atoms with Gasteiger partial charge in [-0.2, -0.15) is 0 Å². The second-order valence-corrected chi connectivity index (χ2v) is 9.39. The van der Waals surface area contributed by atoms with Gasteiger partial charge in [-0.05, 0) is 56.7 Å². The summed E-state index contributed by atoms with van der Waals surface area (Å²) in [5.74, 6) is 0.217. The number of carbonyl (C=O) groups is 2. The van der Waals surface area contributed by atoms with Gasteiger partial charge in [-0.1, -0.05) is 29.5 Å². The molecule has 3 heterocycles. The van der Waals surface area contributed by atoms with Gasteiger partial charge in [-0.3, -0.25) is 14.3 Å². The number of rotatable bonds is 8. The second kappa shape index (κ2) is 10.6. The lowest BCUT2D eigenvalue weighted by Gasteiger charge is -2.10. The maximum atomic E-state index is 12.7. The van der Waals surface area contributed by atoms with E-state index in [0.717, 1.165) is 22.4 Å². The summed E-state index contributed by atoms with van der Waals surface area (Å²) in [6.45, 7) is 5.91. The van der Waals surface area contributed by atoms with Crippen molar-refractivity contribution in [1.82, 2.24) is 19.7 Å². The SMILES string of the molecule is CCOC(=O)c1sc(NC(=O)CSc2nnc(-c3ccncc3)n2-c2ccc(C)cc2)cc1C. The summed E-state index contributed by atoms with van der Waals surface area (Å²) in [4.78, 5) is 29.3. The van der Waals surface area contributed by atoms with Crippen molar-refractivity contribution in [2.24, 2.45) is 0 Å². The van der Waals surface area contributed by atoms with Gasteiger partial charge in [0.2, 0.25) is 5.91 Å². The molecule has 4 rings (SSSR count). The molecule has 0 aliphatic carbocycles. The molecule has 0 atom stereocenters. The van der Waals surface area contributed by atoms with E-state index in [1.54, 1.807) is 25.4 Å². The Bertz CT molecular complexity index is 1300. The third-order valence-electron chi connectivity index (χ3n) is 4.84. The number of benzene rings is 1. The summed E-state index contributed by atoms with van der Waals surface area (Å²) in [7, 11) is 0. The van der Waals surface area contributed by atoms with Crippen molar-refractivity contribution >= 4 is 40.0 Å². The third kappa shape index (κ3) is 5.35. The first-order valence-electron chi connectivity index (χ1n) is 10.6. The number of amides is 1. The van der Waals surface area contributed by atoms with Crippen LogP contribution in [0.2, 0.25) is 0 Å². The number of aryl methyl sites for hydroxylation is 2. The van der Waals surface area contributed by atoms with Gasteiger partial charge in [0.1, 0.15) is 4.88 Å². The van der Waals surface area contributed by atoms with E-state index in [1.165, 1.54) is 23.1 Å². The van der Waals surface area contributed by atoms with E-state index >= 15 is 0 Å². The number of hydrogen-bond donors (Lipinski definition) is 1. The van der Waals surface area contributed by atoms with Crippen LogP contribution in [0.1, 0.15) is 27.7 Å². The van der Waals surface area contributed by atoms with Crippen molar-refractivity contribution in [2.45, 2.75) is 25.9 Å². The zero-order valence-electron chi connectivity index (χ0n) is 18.9. The molecule has 0 aliphatic rings. The Morgan fingerprint density at radius 2 is 1.82 bits per heavy atom. The van der Waals surface area contributed by atoms with Crippen LogP contribution in [0.3, 0.4) is 0 Å². The second-order valence-electron chi connectivity index (χ2n) is 7.39. The van der Waals surface area contributed by atoms with Crippen molar-refractivity contribution in [3.05, 3.63) is 70.9 Å². The molecule has 34 heavy (non-hydrogen) atoms. The van der Waals surface area contributed by atoms with Crippen LogP contribution in [0.25, 0.3) is 17.1 Å². The number of thiophene rings is 1. The predicted molar refractivity (Wildman–Crippen MR) is 134 cm³/mol. The van der Waals surface area contributed by atoms with Crippen molar-refractivity contribution in [1.29, 1.82) is 0 Å². The highest BCUT2D eigenvalue weighted by molar-refractivity contribution is 7.99. The van der Waals surface area contributed by atoms with Gasteiger partial charge >= 0.3 is 5.97 Å². The number of thioether (sulfide) groups is 1. The number of esters is 1. The van der Waals surface area contributed by atoms with E-state index in [9.17, 15) is 9.59 Å². The van der Waals surface area contributed by atoms with Gasteiger partial charge in [-0.15, -0.1) is 21.5 Å². The van der Waals surface area contributed by atoms with Gasteiger partial charge in [-0.25, -0.2) is 4.79 Å². The highest BCUT2D eigenvalue weighted by Crippen LogP contribution is 2.30. The minimum atomic E-state index is -0.380. The Kier molecular flexibility index (Phi) is 7.39. The molecule has 174 valence electrons. The van der Waals surface area contributed by atoms with Crippen LogP contribution in [-0.2, 0) is 9.53 Å². The van der Waals surface area contributed by atoms with E-state index in [2.05, 4.69) is 20.5 Å². The van der Waals surface area contributed by atoms with Gasteiger partial charge in [0.05, 0.1) is 17.4 Å². The lowest BCUT2D eigenvalue weighted by atomic mass is 10.2. The molecule has 0 spiro atoms. The van der Waals surface area contributed by atoms with Crippen LogP contribution in [-0.4, -0.2) is 44.0 Å². The molecular weight excluding hydrogens is 470 g/mol. The Morgan fingerprint density at radius 1 is 1.09 bits per heavy atom. The quantitative estimate of drug-likeness (QED) is 0.275. The monoisotopic (exact) mass is 493 g/mol. The molecule has 0 bridgehead atoms. The summed E-state index contributed by atoms with van der Waals surface area (Å²) in [5, 5.41) is 12.8. The van der Waals surface area contributed by atoms with E-state index in [4.69, 9.17) is 4.74 Å². The Labute approximate surface area is 205 Å². The van der Waals surface area contributed by atoms with Crippen molar-refractivity contribution in [2.75, 3.05) is 17.7 Å². The van der Waals surface area contributed by atoms with Crippen LogP contribution < -0.4 is 5.32 Å². The van der Waals surface area contributed by atoms with Crippen molar-refractivity contribution < 1.29 is 14.3 Å². The molecule has 0 fully saturated rings. The Morgan fingerprint density at radius 3 is 2.53 bits per heavy atom. The van der Waals surface area contributed by atoms with Crippen molar-refractivity contribution in [3.8, 4) is 17.1 Å². The molecule has 8 nitrogen and oxygen atoms in total. The van der Waals surface area contributed by atoms with Crippen LogP contribution >= 0.6 is 23.1 Å². The zero-order valence-corrected chi connectivity index (χ0v) is 20.6. The fraction of sp³-hybridized carbons (Fsp3) is 0.208. The maximum Gasteiger partial charge on any atom is 0.348 e. The van der Waals surface area contributed by atoms with Gasteiger partial charge in [0.25, 0.3) is 0 Å². The molecule has 0 unspecified atom stereocenters. The molecule has 3 aromatic heterocycles. The molecule has 1 N–H and O–H groups in total. The van der Waals surface area contributed by atoms with Crippen LogP contribution in [0.5, 0.6) is 0 Å². The van der Waals surface area contributed by atoms with E-state index in [-0.39, 0.29) is 17.6 Å². The van der Waals surface area contributed by atoms with Crippen LogP contribution in [0.15, 0.2) is 60.0 Å². The minimum absolute atomic E-state index is 0.131. The topological polar surface area (TPSA) is 99.0 Å². The Hall–Kier alpha value is -3.50. The smallest absolute Gasteiger partial charge is 0.348 e. The molecule has 1 amide bonds. The third-order valence-corrected chi connectivity index (χ3v) is 6.90. The van der Waals surface area contributed by atoms with Crippen molar-refractivity contribution in [3.63, 3.8) is 0 Å². The number of carbonyl (C=O) groups excluding carboxylic acids is 2. The molecule has 1 aromatic carbocycles. The first-order valence-corrected chi connectivity index (χ1v) is 12.4. The molecule has 0 saturated heterocycles. The van der Waals surface area contributed by atoms with Crippen LogP contribution in [0.4, 0.5) is 5.00 Å². The van der Waals surface area contributed by atoms with E-state index in [0.29, 0.717) is 27.5 Å². The number of anilines is 1. The molecule has 0 aliphatic heterocycles. The fourth-order valence-electron chi connectivity index (χ4n) is 3.22. The largest absolute Gasteiger partial charge is 0.462 e. The van der Waals surface area contributed by atoms with Gasteiger partial charge in [0, 0.05) is 23.6 Å². The van der Waals surface area contributed by atoms with E-state index in [1.807, 2.05) is 54.8 Å². The molecule has 10 heteroatoms. The summed E-state index contributed by atoms with van der Waals surface area (Å²) < 4.78 is 7.00. The predicted octanol–water partition coefficient (Wildman–Crippen LogP) is 4.92. The average molecular weight is 494 g/mol. The van der Waals surface area contributed by atoms with E-state index < -0.39 is 0 Å². The standard InChI is InChI=1S/C24H23N5O3S2/c1-4-32-23(31)21-16(3)13-20(34-21)26-19(30)14-33-24-28-27-22(17-9-11-25-12-10-17)29(24)18-7-5-15(2)6-8-18/h5-13H,4,14H2,1-3H3,(H,26,30). The number of ether oxygens (including phenoxy) is 1. The molecule has 0 saturated carbocycles. The lowest BCUT2D eigenvalue weighted by molar-refractivity contribution is -0.113. The molecule has 4 aromatic rings. The average Bonchev–Trinajstić information content (AvgIpc) is 3.42.